The van der Waals surface area contributed by atoms with Gasteiger partial charge in [0.25, 0.3) is 0 Å². The van der Waals surface area contributed by atoms with Crippen LogP contribution < -0.4 is 15.8 Å². The summed E-state index contributed by atoms with van der Waals surface area (Å²) in [6.07, 6.45) is -0.685. The molecular formula is C20H22FN3O3. The van der Waals surface area contributed by atoms with Crippen LogP contribution >= 0.6 is 0 Å². The lowest BCUT2D eigenvalue weighted by atomic mass is 10.1. The summed E-state index contributed by atoms with van der Waals surface area (Å²) in [6, 6.07) is 13.1. The summed E-state index contributed by atoms with van der Waals surface area (Å²) >= 11 is 0. The number of hydrogen-bond donors (Lipinski definition) is 2. The molecule has 0 aliphatic heterocycles. The fourth-order valence-corrected chi connectivity index (χ4v) is 3.12. The molecule has 7 heteroatoms. The highest BCUT2D eigenvalue weighted by molar-refractivity contribution is 6.01. The van der Waals surface area contributed by atoms with E-state index in [9.17, 15) is 9.18 Å². The average molecular weight is 371 g/mol. The van der Waals surface area contributed by atoms with E-state index in [4.69, 9.17) is 10.5 Å². The number of aryl methyl sites for hydroxylation is 1. The molecule has 2 aromatic carbocycles. The number of nitrogens with two attached hydrogens (primary N) is 1. The third-order valence-corrected chi connectivity index (χ3v) is 4.34. The number of hydrogen-bond acceptors (Lipinski definition) is 4. The van der Waals surface area contributed by atoms with Crippen LogP contribution in [-0.2, 0) is 11.3 Å². The number of rotatable bonds is 6. The molecule has 27 heavy (non-hydrogen) atoms. The van der Waals surface area contributed by atoms with E-state index in [1.807, 2.05) is 30.3 Å². The van der Waals surface area contributed by atoms with Crippen molar-refractivity contribution in [3.8, 4) is 17.0 Å². The fraction of sp³-hybridized carbons (Fsp3) is 0.250. The van der Waals surface area contributed by atoms with Gasteiger partial charge in [0, 0.05) is 29.2 Å². The lowest BCUT2D eigenvalue weighted by Gasteiger charge is -2.11. The van der Waals surface area contributed by atoms with E-state index in [0.717, 1.165) is 34.5 Å². The Morgan fingerprint density at radius 1 is 1.22 bits per heavy atom. The van der Waals surface area contributed by atoms with Gasteiger partial charge in [0.05, 0.1) is 24.0 Å². The lowest BCUT2D eigenvalue weighted by molar-refractivity contribution is 0.152. The SMILES string of the molecule is CCn1c(-c2ccc(NC(=O)OCCF)cc2)c(N)c2ccc(OC)cc21. The number of aromatic nitrogens is 1. The molecule has 0 atom stereocenters. The smallest absolute Gasteiger partial charge is 0.411 e. The Hall–Kier alpha value is -3.22. The number of amides is 1. The molecule has 6 nitrogen and oxygen atoms in total. The highest BCUT2D eigenvalue weighted by Crippen LogP contribution is 2.37. The van der Waals surface area contributed by atoms with Crippen LogP contribution in [0.15, 0.2) is 42.5 Å². The van der Waals surface area contributed by atoms with Gasteiger partial charge in [0.2, 0.25) is 0 Å². The summed E-state index contributed by atoms with van der Waals surface area (Å²) in [5.74, 6) is 0.771. The maximum atomic E-state index is 12.1. The maximum absolute atomic E-state index is 12.1. The van der Waals surface area contributed by atoms with E-state index in [1.54, 1.807) is 19.2 Å². The highest BCUT2D eigenvalue weighted by atomic mass is 19.1. The standard InChI is InChI=1S/C20H22FN3O3/c1-3-24-17-12-15(26-2)8-9-16(17)18(22)19(24)13-4-6-14(7-5-13)23-20(25)27-11-10-21/h4-9,12H,3,10-11,22H2,1-2H3,(H,23,25). The van der Waals surface area contributed by atoms with E-state index in [1.165, 1.54) is 0 Å². The van der Waals surface area contributed by atoms with Gasteiger partial charge in [-0.2, -0.15) is 0 Å². The summed E-state index contributed by atoms with van der Waals surface area (Å²) in [5.41, 5.74) is 10.5. The number of alkyl halides is 1. The molecule has 0 aliphatic carbocycles. The maximum Gasteiger partial charge on any atom is 0.411 e. The summed E-state index contributed by atoms with van der Waals surface area (Å²) < 4.78 is 24.2. The predicted molar refractivity (Wildman–Crippen MR) is 105 cm³/mol. The van der Waals surface area contributed by atoms with Gasteiger partial charge >= 0.3 is 6.09 Å². The molecule has 0 saturated heterocycles. The number of carbonyl (C=O) groups is 1. The predicted octanol–water partition coefficient (Wildman–Crippen LogP) is 4.44. The summed E-state index contributed by atoms with van der Waals surface area (Å²) in [6.45, 7) is 1.82. The molecule has 1 aromatic heterocycles. The van der Waals surface area contributed by atoms with Gasteiger partial charge in [0.1, 0.15) is 19.0 Å². The third-order valence-electron chi connectivity index (χ3n) is 4.34. The van der Waals surface area contributed by atoms with Crippen molar-refractivity contribution in [3.05, 3.63) is 42.5 Å². The number of benzene rings is 2. The van der Waals surface area contributed by atoms with Crippen molar-refractivity contribution in [2.45, 2.75) is 13.5 Å². The number of fused-ring (bicyclic) bond motifs is 1. The first-order valence-electron chi connectivity index (χ1n) is 8.65. The summed E-state index contributed by atoms with van der Waals surface area (Å²) in [4.78, 5) is 11.5. The van der Waals surface area contributed by atoms with Gasteiger partial charge in [-0.05, 0) is 31.2 Å². The minimum Gasteiger partial charge on any atom is -0.497 e. The number of nitrogen functional groups attached to an aromatic ring is 1. The van der Waals surface area contributed by atoms with Crippen LogP contribution in [-0.4, -0.2) is 31.1 Å². The minimum absolute atomic E-state index is 0.263. The topological polar surface area (TPSA) is 78.5 Å². The molecule has 0 fully saturated rings. The van der Waals surface area contributed by atoms with Gasteiger partial charge in [-0.1, -0.05) is 12.1 Å². The zero-order chi connectivity index (χ0) is 19.4. The van der Waals surface area contributed by atoms with Gasteiger partial charge in [0.15, 0.2) is 0 Å². The van der Waals surface area contributed by atoms with Crippen molar-refractivity contribution < 1.29 is 18.7 Å². The van der Waals surface area contributed by atoms with Gasteiger partial charge in [-0.25, -0.2) is 9.18 Å². The second kappa shape index (κ2) is 7.99. The molecule has 142 valence electrons. The zero-order valence-electron chi connectivity index (χ0n) is 15.3. The largest absolute Gasteiger partial charge is 0.497 e. The van der Waals surface area contributed by atoms with Gasteiger partial charge < -0.3 is 19.8 Å². The number of nitrogens with zero attached hydrogens (tertiary/aromatic N) is 1. The first kappa shape index (κ1) is 18.6. The lowest BCUT2D eigenvalue weighted by Crippen LogP contribution is -2.14. The number of ether oxygens (including phenoxy) is 2. The number of anilines is 2. The molecule has 0 radical (unpaired) electrons. The van der Waals surface area contributed by atoms with Crippen LogP contribution in [0.5, 0.6) is 5.75 Å². The van der Waals surface area contributed by atoms with Crippen molar-refractivity contribution in [2.24, 2.45) is 0 Å². The monoisotopic (exact) mass is 371 g/mol. The van der Waals surface area contributed by atoms with E-state index < -0.39 is 12.8 Å². The number of halogens is 1. The van der Waals surface area contributed by atoms with Crippen molar-refractivity contribution in [2.75, 3.05) is 31.4 Å². The van der Waals surface area contributed by atoms with Crippen LogP contribution in [0, 0.1) is 0 Å². The van der Waals surface area contributed by atoms with Crippen molar-refractivity contribution >= 4 is 28.4 Å². The quantitative estimate of drug-likeness (QED) is 0.672. The van der Waals surface area contributed by atoms with Crippen molar-refractivity contribution in [3.63, 3.8) is 0 Å². The van der Waals surface area contributed by atoms with Crippen LogP contribution in [0.1, 0.15) is 6.92 Å². The Morgan fingerprint density at radius 3 is 2.59 bits per heavy atom. The molecule has 1 heterocycles. The first-order valence-corrected chi connectivity index (χ1v) is 8.65. The molecule has 3 rings (SSSR count). The summed E-state index contributed by atoms with van der Waals surface area (Å²) in [5, 5.41) is 3.52. The Kier molecular flexibility index (Phi) is 5.49. The second-order valence-electron chi connectivity index (χ2n) is 5.92. The molecule has 0 aliphatic rings. The van der Waals surface area contributed by atoms with Crippen molar-refractivity contribution in [1.29, 1.82) is 0 Å². The van der Waals surface area contributed by atoms with E-state index in [-0.39, 0.29) is 6.61 Å². The van der Waals surface area contributed by atoms with Gasteiger partial charge in [-0.15, -0.1) is 0 Å². The van der Waals surface area contributed by atoms with E-state index in [2.05, 4.69) is 21.5 Å². The second-order valence-corrected chi connectivity index (χ2v) is 5.92. The average Bonchev–Trinajstić information content (AvgIpc) is 2.98. The van der Waals surface area contributed by atoms with Crippen LogP contribution in [0.3, 0.4) is 0 Å². The molecule has 3 N–H and O–H groups in total. The number of carbonyl (C=O) groups excluding carboxylic acids is 1. The Labute approximate surface area is 156 Å². The molecule has 0 unspecified atom stereocenters. The van der Waals surface area contributed by atoms with Crippen LogP contribution in [0.2, 0.25) is 0 Å². The first-order chi connectivity index (χ1) is 13.1. The highest BCUT2D eigenvalue weighted by Gasteiger charge is 2.16. The molecule has 0 saturated carbocycles. The molecule has 1 amide bonds. The Morgan fingerprint density at radius 2 is 1.96 bits per heavy atom. The number of methoxy groups -OCH3 is 1. The zero-order valence-corrected chi connectivity index (χ0v) is 15.3. The van der Waals surface area contributed by atoms with E-state index in [0.29, 0.717) is 11.4 Å². The molecule has 0 bridgehead atoms. The van der Waals surface area contributed by atoms with E-state index >= 15 is 0 Å². The summed E-state index contributed by atoms with van der Waals surface area (Å²) in [7, 11) is 1.63. The molecule has 3 aromatic rings. The normalized spacial score (nSPS) is 10.8. The van der Waals surface area contributed by atoms with Gasteiger partial charge in [-0.3, -0.25) is 5.32 Å². The third kappa shape index (κ3) is 3.67. The Bertz CT molecular complexity index is 951. The van der Waals surface area contributed by atoms with Crippen molar-refractivity contribution in [1.82, 2.24) is 4.57 Å². The van der Waals surface area contributed by atoms with Crippen LogP contribution in [0.4, 0.5) is 20.6 Å². The Balaban J connectivity index is 1.95. The molecular weight excluding hydrogens is 349 g/mol. The molecule has 0 spiro atoms. The number of nitrogens with one attached hydrogen (secondary N) is 1. The van der Waals surface area contributed by atoms with Crippen LogP contribution in [0.25, 0.3) is 22.2 Å². The fourth-order valence-electron chi connectivity index (χ4n) is 3.12. The minimum atomic E-state index is -0.710.